The molecule has 1 heterocycles. The molecule has 5 nitrogen and oxygen atoms in total. The van der Waals surface area contributed by atoms with E-state index in [4.69, 9.17) is 0 Å². The van der Waals surface area contributed by atoms with Gasteiger partial charge in [-0.25, -0.2) is 9.37 Å². The number of nitrogens with one attached hydrogen (secondary N) is 3. The van der Waals surface area contributed by atoms with Gasteiger partial charge < -0.3 is 15.6 Å². The molecular formula is C11H13FN4O. The van der Waals surface area contributed by atoms with Crippen LogP contribution in [0, 0.1) is 5.82 Å². The summed E-state index contributed by atoms with van der Waals surface area (Å²) in [5.74, 6) is 0.182. The Balaban J connectivity index is 2.07. The van der Waals surface area contributed by atoms with Gasteiger partial charge in [-0.15, -0.1) is 0 Å². The Morgan fingerprint density at radius 1 is 1.53 bits per heavy atom. The van der Waals surface area contributed by atoms with Crippen molar-refractivity contribution in [2.75, 3.05) is 13.6 Å². The van der Waals surface area contributed by atoms with Crippen LogP contribution in [0.4, 0.5) is 4.39 Å². The predicted octanol–water partition coefficient (Wildman–Crippen LogP) is 0.538. The highest BCUT2D eigenvalue weighted by atomic mass is 19.1. The smallest absolute Gasteiger partial charge is 0.234 e. The molecule has 0 spiro atoms. The molecule has 3 N–H and O–H groups in total. The van der Waals surface area contributed by atoms with Crippen LogP contribution in [0.3, 0.4) is 0 Å². The number of benzene rings is 1. The van der Waals surface area contributed by atoms with Crippen LogP contribution in [0.1, 0.15) is 5.82 Å². The molecule has 2 aromatic rings. The van der Waals surface area contributed by atoms with E-state index in [2.05, 4.69) is 20.6 Å². The first kappa shape index (κ1) is 11.5. The average Bonchev–Trinajstić information content (AvgIpc) is 2.68. The van der Waals surface area contributed by atoms with Gasteiger partial charge in [0.15, 0.2) is 0 Å². The number of hydrogen-bond acceptors (Lipinski definition) is 3. The minimum atomic E-state index is -0.313. The van der Waals surface area contributed by atoms with Crippen molar-refractivity contribution in [3.8, 4) is 0 Å². The summed E-state index contributed by atoms with van der Waals surface area (Å²) in [6, 6.07) is 4.33. The highest BCUT2D eigenvalue weighted by molar-refractivity contribution is 5.78. The fraction of sp³-hybridized carbons (Fsp3) is 0.273. The summed E-state index contributed by atoms with van der Waals surface area (Å²) in [5.41, 5.74) is 1.31. The third-order valence-electron chi connectivity index (χ3n) is 2.28. The highest BCUT2D eigenvalue weighted by Gasteiger charge is 2.05. The quantitative estimate of drug-likeness (QED) is 0.725. The summed E-state index contributed by atoms with van der Waals surface area (Å²) in [6.45, 7) is 0.561. The van der Waals surface area contributed by atoms with Crippen LogP contribution in [0.15, 0.2) is 18.2 Å². The van der Waals surface area contributed by atoms with Crippen molar-refractivity contribution in [3.63, 3.8) is 0 Å². The van der Waals surface area contributed by atoms with Crippen molar-refractivity contribution < 1.29 is 9.18 Å². The number of aromatic nitrogens is 2. The van der Waals surface area contributed by atoms with Gasteiger partial charge in [0.2, 0.25) is 5.91 Å². The summed E-state index contributed by atoms with van der Waals surface area (Å²) < 4.78 is 12.9. The maximum atomic E-state index is 12.9. The molecule has 0 bridgehead atoms. The topological polar surface area (TPSA) is 69.8 Å². The maximum Gasteiger partial charge on any atom is 0.234 e. The summed E-state index contributed by atoms with van der Waals surface area (Å²) in [5, 5.41) is 5.43. The highest BCUT2D eigenvalue weighted by Crippen LogP contribution is 2.12. The zero-order chi connectivity index (χ0) is 12.3. The van der Waals surface area contributed by atoms with Crippen molar-refractivity contribution >= 4 is 16.9 Å². The van der Waals surface area contributed by atoms with E-state index < -0.39 is 0 Å². The van der Waals surface area contributed by atoms with Crippen molar-refractivity contribution in [1.82, 2.24) is 20.6 Å². The van der Waals surface area contributed by atoms with E-state index in [0.717, 1.165) is 0 Å². The van der Waals surface area contributed by atoms with E-state index in [9.17, 15) is 9.18 Å². The lowest BCUT2D eigenvalue weighted by Gasteiger charge is -2.01. The van der Waals surface area contributed by atoms with E-state index in [1.54, 1.807) is 13.1 Å². The standard InChI is InChI=1S/C11H13FN4O/c1-13-6-11(17)14-5-10-15-8-3-2-7(12)4-9(8)16-10/h2-4,13H,5-6H2,1H3,(H,14,17)(H,15,16). The first-order valence-corrected chi connectivity index (χ1v) is 5.24. The molecule has 0 aliphatic carbocycles. The molecule has 0 saturated heterocycles. The molecule has 0 atom stereocenters. The Kier molecular flexibility index (Phi) is 3.34. The molecule has 2 rings (SSSR count). The molecule has 90 valence electrons. The number of hydrogen-bond donors (Lipinski definition) is 3. The van der Waals surface area contributed by atoms with Gasteiger partial charge in [-0.1, -0.05) is 0 Å². The van der Waals surface area contributed by atoms with Crippen molar-refractivity contribution in [3.05, 3.63) is 29.8 Å². The Bertz CT molecular complexity index is 537. The second kappa shape index (κ2) is 4.92. The first-order valence-electron chi connectivity index (χ1n) is 5.24. The van der Waals surface area contributed by atoms with Gasteiger partial charge in [-0.3, -0.25) is 4.79 Å². The molecular weight excluding hydrogens is 223 g/mol. The van der Waals surface area contributed by atoms with Crippen LogP contribution in [-0.2, 0) is 11.3 Å². The van der Waals surface area contributed by atoms with Crippen molar-refractivity contribution in [1.29, 1.82) is 0 Å². The Hall–Kier alpha value is -1.95. The number of aromatic amines is 1. The molecule has 17 heavy (non-hydrogen) atoms. The lowest BCUT2D eigenvalue weighted by atomic mass is 10.3. The number of H-pyrrole nitrogens is 1. The number of likely N-dealkylation sites (N-methyl/N-ethyl adjacent to an activating group) is 1. The molecule has 0 radical (unpaired) electrons. The van der Waals surface area contributed by atoms with E-state index >= 15 is 0 Å². The molecule has 1 aromatic carbocycles. The Labute approximate surface area is 97.4 Å². The monoisotopic (exact) mass is 236 g/mol. The van der Waals surface area contributed by atoms with E-state index in [1.165, 1.54) is 12.1 Å². The molecule has 6 heteroatoms. The number of halogens is 1. The molecule has 0 saturated carbocycles. The van der Waals surface area contributed by atoms with Crippen LogP contribution >= 0.6 is 0 Å². The summed E-state index contributed by atoms with van der Waals surface area (Å²) in [4.78, 5) is 18.4. The Morgan fingerprint density at radius 2 is 2.35 bits per heavy atom. The second-order valence-electron chi connectivity index (χ2n) is 3.65. The first-order chi connectivity index (χ1) is 8.19. The maximum absolute atomic E-state index is 12.9. The number of carbonyl (C=O) groups is 1. The number of nitrogens with zero attached hydrogens (tertiary/aromatic N) is 1. The third-order valence-corrected chi connectivity index (χ3v) is 2.28. The fourth-order valence-corrected chi connectivity index (χ4v) is 1.52. The van der Waals surface area contributed by atoms with E-state index in [-0.39, 0.29) is 18.3 Å². The third kappa shape index (κ3) is 2.79. The van der Waals surface area contributed by atoms with E-state index in [0.29, 0.717) is 23.4 Å². The zero-order valence-electron chi connectivity index (χ0n) is 9.38. The van der Waals surface area contributed by atoms with Crippen molar-refractivity contribution in [2.24, 2.45) is 0 Å². The number of fused-ring (bicyclic) bond motifs is 1. The SMILES string of the molecule is CNCC(=O)NCc1nc2ccc(F)cc2[nH]1. The van der Waals surface area contributed by atoms with Crippen LogP contribution in [0.5, 0.6) is 0 Å². The zero-order valence-corrected chi connectivity index (χ0v) is 9.38. The summed E-state index contributed by atoms with van der Waals surface area (Å²) >= 11 is 0. The van der Waals surface area contributed by atoms with Gasteiger partial charge in [-0.05, 0) is 25.2 Å². The minimum Gasteiger partial charge on any atom is -0.348 e. The lowest BCUT2D eigenvalue weighted by molar-refractivity contribution is -0.120. The minimum absolute atomic E-state index is 0.112. The molecule has 1 amide bonds. The average molecular weight is 236 g/mol. The van der Waals surface area contributed by atoms with Crippen LogP contribution < -0.4 is 10.6 Å². The Morgan fingerprint density at radius 3 is 3.12 bits per heavy atom. The van der Waals surface area contributed by atoms with Gasteiger partial charge >= 0.3 is 0 Å². The number of carbonyl (C=O) groups excluding carboxylic acids is 1. The molecule has 1 aromatic heterocycles. The molecule has 0 aliphatic heterocycles. The van der Waals surface area contributed by atoms with Gasteiger partial charge in [-0.2, -0.15) is 0 Å². The molecule has 0 aliphatic rings. The van der Waals surface area contributed by atoms with Crippen LogP contribution in [0.25, 0.3) is 11.0 Å². The largest absolute Gasteiger partial charge is 0.348 e. The number of amides is 1. The molecule has 0 fully saturated rings. The van der Waals surface area contributed by atoms with Gasteiger partial charge in [0.25, 0.3) is 0 Å². The number of rotatable bonds is 4. The summed E-state index contributed by atoms with van der Waals surface area (Å²) in [7, 11) is 1.70. The normalized spacial score (nSPS) is 10.7. The second-order valence-corrected chi connectivity index (χ2v) is 3.65. The van der Waals surface area contributed by atoms with Crippen LogP contribution in [-0.4, -0.2) is 29.5 Å². The van der Waals surface area contributed by atoms with Crippen molar-refractivity contribution in [2.45, 2.75) is 6.54 Å². The molecule has 0 unspecified atom stereocenters. The van der Waals surface area contributed by atoms with Gasteiger partial charge in [0, 0.05) is 0 Å². The van der Waals surface area contributed by atoms with Crippen LogP contribution in [0.2, 0.25) is 0 Å². The summed E-state index contributed by atoms with van der Waals surface area (Å²) in [6.07, 6.45) is 0. The van der Waals surface area contributed by atoms with E-state index in [1.807, 2.05) is 0 Å². The lowest BCUT2D eigenvalue weighted by Crippen LogP contribution is -2.31. The number of imidazole rings is 1. The van der Waals surface area contributed by atoms with Gasteiger partial charge in [0.05, 0.1) is 24.1 Å². The predicted molar refractivity (Wildman–Crippen MR) is 61.8 cm³/mol. The fourth-order valence-electron chi connectivity index (χ4n) is 1.52. The van der Waals surface area contributed by atoms with Gasteiger partial charge in [0.1, 0.15) is 11.6 Å².